The van der Waals surface area contributed by atoms with Gasteiger partial charge in [0.1, 0.15) is 0 Å². The highest BCUT2D eigenvalue weighted by Gasteiger charge is 2.21. The maximum Gasteiger partial charge on any atom is 0.0880 e. The van der Waals surface area contributed by atoms with E-state index in [1.807, 2.05) is 21.8 Å². The van der Waals surface area contributed by atoms with Gasteiger partial charge in [0.05, 0.1) is 16.9 Å². The van der Waals surface area contributed by atoms with Crippen LogP contribution < -0.4 is 0 Å². The van der Waals surface area contributed by atoms with Crippen molar-refractivity contribution < 1.29 is 0 Å². The summed E-state index contributed by atoms with van der Waals surface area (Å²) in [6, 6.07) is 0.397. The molecule has 0 saturated carbocycles. The molecule has 0 aliphatic heterocycles. The first kappa shape index (κ1) is 21.3. The second kappa shape index (κ2) is 7.26. The predicted octanol–water partition coefficient (Wildman–Crippen LogP) is 4.49. The minimum atomic E-state index is 0.0243. The molecule has 2 aromatic heterocycles. The molecule has 2 aromatic rings. The van der Waals surface area contributed by atoms with E-state index in [1.54, 1.807) is 0 Å². The van der Waals surface area contributed by atoms with E-state index < -0.39 is 0 Å². The fourth-order valence-electron chi connectivity index (χ4n) is 1.81. The molecule has 6 heteroatoms. The fourth-order valence-corrected chi connectivity index (χ4v) is 1.81. The van der Waals surface area contributed by atoms with Crippen molar-refractivity contribution in [3.05, 3.63) is 23.8 Å². The molecule has 0 aromatic carbocycles. The van der Waals surface area contributed by atoms with Crippen LogP contribution in [0, 0.1) is 0 Å². The molecule has 0 spiro atoms. The second-order valence-corrected chi connectivity index (χ2v) is 9.90. The molecule has 2 rings (SSSR count). The summed E-state index contributed by atoms with van der Waals surface area (Å²) >= 11 is 0. The molecule has 0 saturated heterocycles. The van der Waals surface area contributed by atoms with Gasteiger partial charge in [0.15, 0.2) is 0 Å². The monoisotopic (exact) mass is 348 g/mol. The Morgan fingerprint density at radius 1 is 0.720 bits per heavy atom. The zero-order valence-electron chi connectivity index (χ0n) is 17.9. The summed E-state index contributed by atoms with van der Waals surface area (Å²) in [5, 5.41) is 16.5. The van der Waals surface area contributed by atoms with Crippen molar-refractivity contribution in [2.24, 2.45) is 0 Å². The third-order valence-electron chi connectivity index (χ3n) is 3.76. The van der Waals surface area contributed by atoms with Crippen molar-refractivity contribution in [3.63, 3.8) is 0 Å². The van der Waals surface area contributed by atoms with E-state index in [-0.39, 0.29) is 16.4 Å². The highest BCUT2D eigenvalue weighted by molar-refractivity contribution is 5.07. The number of nitrogens with zero attached hydrogens (tertiary/aromatic N) is 6. The number of hydrogen-bond acceptors (Lipinski definition) is 4. The van der Waals surface area contributed by atoms with Crippen molar-refractivity contribution in [1.82, 2.24) is 30.0 Å². The first-order valence-corrected chi connectivity index (χ1v) is 8.98. The lowest BCUT2D eigenvalue weighted by molar-refractivity contribution is 0.346. The summed E-state index contributed by atoms with van der Waals surface area (Å²) in [5.41, 5.74) is 2.31. The maximum atomic E-state index is 4.17. The van der Waals surface area contributed by atoms with Crippen LogP contribution >= 0.6 is 0 Å². The van der Waals surface area contributed by atoms with Crippen LogP contribution in [0.15, 0.2) is 12.4 Å². The summed E-state index contributed by atoms with van der Waals surface area (Å²) in [7, 11) is 0. The van der Waals surface area contributed by atoms with Gasteiger partial charge in [-0.3, -0.25) is 0 Å². The zero-order chi connectivity index (χ0) is 19.6. The zero-order valence-corrected chi connectivity index (χ0v) is 17.9. The molecule has 0 aliphatic carbocycles. The lowest BCUT2D eigenvalue weighted by Gasteiger charge is -2.18. The average molecular weight is 349 g/mol. The van der Waals surface area contributed by atoms with Crippen LogP contribution in [-0.2, 0) is 16.4 Å². The molecule has 0 radical (unpaired) electrons. The van der Waals surface area contributed by atoms with E-state index in [4.69, 9.17) is 0 Å². The number of rotatable bonds is 1. The predicted molar refractivity (Wildman–Crippen MR) is 103 cm³/mol. The van der Waals surface area contributed by atoms with Gasteiger partial charge in [0, 0.05) is 29.3 Å². The van der Waals surface area contributed by atoms with E-state index >= 15 is 0 Å². The van der Waals surface area contributed by atoms with E-state index in [1.165, 1.54) is 0 Å². The normalized spacial score (nSPS) is 13.0. The van der Waals surface area contributed by atoms with Gasteiger partial charge in [-0.05, 0) is 34.6 Å². The molecule has 6 nitrogen and oxygen atoms in total. The second-order valence-electron chi connectivity index (χ2n) is 9.90. The van der Waals surface area contributed by atoms with Crippen molar-refractivity contribution in [1.29, 1.82) is 0 Å². The lowest BCUT2D eigenvalue weighted by atomic mass is 9.93. The highest BCUT2D eigenvalue weighted by Crippen LogP contribution is 2.21. The van der Waals surface area contributed by atoms with Crippen LogP contribution in [0.5, 0.6) is 0 Å². The molecule has 0 amide bonds. The average Bonchev–Trinajstić information content (AvgIpc) is 3.07. The molecule has 142 valence electrons. The van der Waals surface area contributed by atoms with Crippen molar-refractivity contribution in [2.75, 3.05) is 0 Å². The Hall–Kier alpha value is -1.72. The van der Waals surface area contributed by atoms with Crippen molar-refractivity contribution in [3.8, 4) is 0 Å². The Morgan fingerprint density at radius 2 is 1.16 bits per heavy atom. The van der Waals surface area contributed by atoms with Gasteiger partial charge in [0.2, 0.25) is 0 Å². The molecule has 0 aliphatic rings. The number of hydrogen-bond donors (Lipinski definition) is 0. The minimum Gasteiger partial charge on any atom is -0.250 e. The van der Waals surface area contributed by atoms with Gasteiger partial charge in [-0.1, -0.05) is 52.0 Å². The Bertz CT molecular complexity index is 631. The highest BCUT2D eigenvalue weighted by atomic mass is 15.4. The first-order valence-electron chi connectivity index (χ1n) is 8.98. The topological polar surface area (TPSA) is 61.4 Å². The Morgan fingerprint density at radius 3 is 1.40 bits per heavy atom. The van der Waals surface area contributed by atoms with Crippen LogP contribution in [0.2, 0.25) is 0 Å². The molecule has 0 atom stereocenters. The smallest absolute Gasteiger partial charge is 0.0880 e. The van der Waals surface area contributed by atoms with Crippen LogP contribution in [0.25, 0.3) is 0 Å². The molecule has 0 fully saturated rings. The Kier molecular flexibility index (Phi) is 6.19. The summed E-state index contributed by atoms with van der Waals surface area (Å²) in [5.74, 6) is 0. The van der Waals surface area contributed by atoms with Gasteiger partial charge in [-0.25, -0.2) is 9.36 Å². The SMILES string of the molecule is CC(C)(C)c1cn(C(C)(C)C)nn1.CC(C)n1cc(C(C)(C)C)nn1. The molecule has 2 heterocycles. The number of aromatic nitrogens is 6. The minimum absolute atomic E-state index is 0.0243. The van der Waals surface area contributed by atoms with Crippen molar-refractivity contribution in [2.45, 2.75) is 98.6 Å². The van der Waals surface area contributed by atoms with Crippen LogP contribution in [-0.4, -0.2) is 30.0 Å². The van der Waals surface area contributed by atoms with Crippen LogP contribution in [0.4, 0.5) is 0 Å². The van der Waals surface area contributed by atoms with Gasteiger partial charge in [-0.2, -0.15) is 0 Å². The summed E-state index contributed by atoms with van der Waals surface area (Å²) in [6.45, 7) is 23.4. The third kappa shape index (κ3) is 6.25. The quantitative estimate of drug-likeness (QED) is 0.762. The molecular formula is C19H36N6. The summed E-state index contributed by atoms with van der Waals surface area (Å²) in [4.78, 5) is 0. The van der Waals surface area contributed by atoms with Crippen molar-refractivity contribution >= 4 is 0 Å². The van der Waals surface area contributed by atoms with Gasteiger partial charge < -0.3 is 0 Å². The van der Waals surface area contributed by atoms with Crippen LogP contribution in [0.3, 0.4) is 0 Å². The maximum absolute atomic E-state index is 4.17. The fraction of sp³-hybridized carbons (Fsp3) is 0.789. The van der Waals surface area contributed by atoms with E-state index in [2.05, 4.69) is 96.8 Å². The summed E-state index contributed by atoms with van der Waals surface area (Å²) < 4.78 is 3.80. The van der Waals surface area contributed by atoms with E-state index in [0.717, 1.165) is 11.4 Å². The molecule has 0 bridgehead atoms. The lowest BCUT2D eigenvalue weighted by Crippen LogP contribution is -2.22. The molecule has 25 heavy (non-hydrogen) atoms. The van der Waals surface area contributed by atoms with Gasteiger partial charge in [0.25, 0.3) is 0 Å². The first-order chi connectivity index (χ1) is 11.1. The standard InChI is InChI=1S/C10H19N3.C9H17N3/c1-9(2,3)8-7-13(12-11-8)10(4,5)6;1-7(2)12-6-8(10-11-12)9(3,4)5/h7H,1-6H3;6-7H,1-5H3. The van der Waals surface area contributed by atoms with Gasteiger partial charge >= 0.3 is 0 Å². The summed E-state index contributed by atoms with van der Waals surface area (Å²) in [6.07, 6.45) is 4.05. The molecule has 0 unspecified atom stereocenters. The van der Waals surface area contributed by atoms with E-state index in [9.17, 15) is 0 Å². The molecular weight excluding hydrogens is 312 g/mol. The van der Waals surface area contributed by atoms with Gasteiger partial charge in [-0.15, -0.1) is 10.2 Å². The Balaban J connectivity index is 0.000000251. The van der Waals surface area contributed by atoms with E-state index in [0.29, 0.717) is 6.04 Å². The Labute approximate surface area is 153 Å². The third-order valence-corrected chi connectivity index (χ3v) is 3.76. The van der Waals surface area contributed by atoms with Crippen LogP contribution in [0.1, 0.15) is 93.6 Å². The molecule has 0 N–H and O–H groups in total. The largest absolute Gasteiger partial charge is 0.250 e.